The van der Waals surface area contributed by atoms with Crippen LogP contribution < -0.4 is 5.32 Å². The van der Waals surface area contributed by atoms with Crippen molar-refractivity contribution < 1.29 is 19.4 Å². The fourth-order valence-electron chi connectivity index (χ4n) is 3.22. The lowest BCUT2D eigenvalue weighted by molar-refractivity contribution is -0.146. The summed E-state index contributed by atoms with van der Waals surface area (Å²) >= 11 is 0. The SMILES string of the molecule is CC(C)(C)OC(=O)NC1(C2(C(=O)O)CC2)CCCC1. The van der Waals surface area contributed by atoms with Gasteiger partial charge in [-0.25, -0.2) is 4.79 Å². The molecule has 5 heteroatoms. The summed E-state index contributed by atoms with van der Waals surface area (Å²) in [7, 11) is 0. The number of carboxylic acid groups (broad SMARTS) is 1. The minimum absolute atomic E-state index is 0.498. The number of alkyl carbamates (subject to hydrolysis) is 1. The van der Waals surface area contributed by atoms with Gasteiger partial charge in [0, 0.05) is 0 Å². The molecule has 2 N–H and O–H groups in total. The Morgan fingerprint density at radius 2 is 1.63 bits per heavy atom. The van der Waals surface area contributed by atoms with Crippen LogP contribution in [0, 0.1) is 5.41 Å². The molecule has 0 aromatic carbocycles. The van der Waals surface area contributed by atoms with Crippen LogP contribution in [-0.4, -0.2) is 28.3 Å². The molecule has 0 bridgehead atoms. The van der Waals surface area contributed by atoms with Crippen molar-refractivity contribution in [3.8, 4) is 0 Å². The average Bonchev–Trinajstić information content (AvgIpc) is 2.93. The van der Waals surface area contributed by atoms with Crippen LogP contribution in [-0.2, 0) is 9.53 Å². The minimum Gasteiger partial charge on any atom is -0.481 e. The summed E-state index contributed by atoms with van der Waals surface area (Å²) in [5, 5.41) is 12.4. The monoisotopic (exact) mass is 269 g/mol. The maximum absolute atomic E-state index is 12.0. The number of carbonyl (C=O) groups excluding carboxylic acids is 1. The molecule has 2 fully saturated rings. The maximum atomic E-state index is 12.0. The van der Waals surface area contributed by atoms with Gasteiger partial charge in [0.05, 0.1) is 11.0 Å². The molecule has 0 aromatic rings. The van der Waals surface area contributed by atoms with E-state index in [2.05, 4.69) is 5.32 Å². The second-order valence-electron chi connectivity index (χ2n) is 6.80. The van der Waals surface area contributed by atoms with Crippen LogP contribution in [0.3, 0.4) is 0 Å². The zero-order valence-corrected chi connectivity index (χ0v) is 11.9. The van der Waals surface area contributed by atoms with Gasteiger partial charge in [0.2, 0.25) is 0 Å². The standard InChI is InChI=1S/C14H23NO4/c1-12(2,3)19-11(18)15-14(6-4-5-7-14)13(8-9-13)10(16)17/h4-9H2,1-3H3,(H,15,18)(H,16,17). The van der Waals surface area contributed by atoms with Gasteiger partial charge in [-0.2, -0.15) is 0 Å². The largest absolute Gasteiger partial charge is 0.481 e. The molecule has 2 saturated carbocycles. The summed E-state index contributed by atoms with van der Waals surface area (Å²) in [5.41, 5.74) is -1.94. The number of amides is 1. The van der Waals surface area contributed by atoms with E-state index in [9.17, 15) is 14.7 Å². The number of aliphatic carboxylic acids is 1. The van der Waals surface area contributed by atoms with Gasteiger partial charge in [0.15, 0.2) is 0 Å². The van der Waals surface area contributed by atoms with Crippen LogP contribution in [0.4, 0.5) is 4.79 Å². The smallest absolute Gasteiger partial charge is 0.408 e. The Hall–Kier alpha value is -1.26. The van der Waals surface area contributed by atoms with Gasteiger partial charge < -0.3 is 15.2 Å². The molecule has 0 atom stereocenters. The van der Waals surface area contributed by atoms with Crippen LogP contribution >= 0.6 is 0 Å². The lowest BCUT2D eigenvalue weighted by atomic mass is 9.79. The average molecular weight is 269 g/mol. The number of hydrogen-bond acceptors (Lipinski definition) is 3. The predicted molar refractivity (Wildman–Crippen MR) is 69.9 cm³/mol. The number of carboxylic acids is 1. The summed E-state index contributed by atoms with van der Waals surface area (Å²) in [4.78, 5) is 23.5. The number of carbonyl (C=O) groups is 2. The van der Waals surface area contributed by atoms with Gasteiger partial charge in [-0.3, -0.25) is 4.79 Å². The first-order valence-corrected chi connectivity index (χ1v) is 6.95. The Kier molecular flexibility index (Phi) is 3.27. The molecule has 0 spiro atoms. The summed E-state index contributed by atoms with van der Waals surface area (Å²) < 4.78 is 5.28. The highest BCUT2D eigenvalue weighted by Crippen LogP contribution is 2.59. The Labute approximate surface area is 113 Å². The predicted octanol–water partition coefficient (Wildman–Crippen LogP) is 2.69. The molecule has 0 saturated heterocycles. The van der Waals surface area contributed by atoms with E-state index in [1.165, 1.54) is 0 Å². The second kappa shape index (κ2) is 4.39. The van der Waals surface area contributed by atoms with Crippen molar-refractivity contribution in [2.75, 3.05) is 0 Å². The van der Waals surface area contributed by atoms with Crippen molar-refractivity contribution in [2.24, 2.45) is 5.41 Å². The van der Waals surface area contributed by atoms with Gasteiger partial charge in [0.25, 0.3) is 0 Å². The zero-order valence-electron chi connectivity index (χ0n) is 11.9. The summed E-state index contributed by atoms with van der Waals surface area (Å²) in [6.07, 6.45) is 4.20. The molecule has 5 nitrogen and oxygen atoms in total. The number of rotatable bonds is 3. The highest BCUT2D eigenvalue weighted by molar-refractivity contribution is 5.82. The number of ether oxygens (including phenoxy) is 1. The van der Waals surface area contributed by atoms with Crippen molar-refractivity contribution in [3.63, 3.8) is 0 Å². The Morgan fingerprint density at radius 3 is 2.00 bits per heavy atom. The topological polar surface area (TPSA) is 75.6 Å². The lowest BCUT2D eigenvalue weighted by Gasteiger charge is -2.37. The van der Waals surface area contributed by atoms with E-state index < -0.39 is 28.6 Å². The van der Waals surface area contributed by atoms with E-state index in [1.54, 1.807) is 20.8 Å². The third-order valence-corrected chi connectivity index (χ3v) is 4.27. The van der Waals surface area contributed by atoms with Crippen molar-refractivity contribution >= 4 is 12.1 Å². The van der Waals surface area contributed by atoms with E-state index in [4.69, 9.17) is 4.74 Å². The normalized spacial score (nSPS) is 23.7. The van der Waals surface area contributed by atoms with E-state index in [0.29, 0.717) is 12.8 Å². The van der Waals surface area contributed by atoms with Crippen molar-refractivity contribution in [3.05, 3.63) is 0 Å². The van der Waals surface area contributed by atoms with E-state index >= 15 is 0 Å². The molecular formula is C14H23NO4. The third kappa shape index (κ3) is 2.55. The van der Waals surface area contributed by atoms with Crippen LogP contribution in [0.25, 0.3) is 0 Å². The third-order valence-electron chi connectivity index (χ3n) is 4.27. The van der Waals surface area contributed by atoms with Crippen LogP contribution in [0.15, 0.2) is 0 Å². The molecule has 108 valence electrons. The fraction of sp³-hybridized carbons (Fsp3) is 0.857. The van der Waals surface area contributed by atoms with Gasteiger partial charge in [-0.1, -0.05) is 12.8 Å². The second-order valence-corrected chi connectivity index (χ2v) is 6.80. The summed E-state index contributed by atoms with van der Waals surface area (Å²) in [5.74, 6) is -0.787. The van der Waals surface area contributed by atoms with Crippen LogP contribution in [0.2, 0.25) is 0 Å². The van der Waals surface area contributed by atoms with E-state index in [0.717, 1.165) is 25.7 Å². The van der Waals surface area contributed by atoms with Crippen molar-refractivity contribution in [1.82, 2.24) is 5.32 Å². The molecule has 2 rings (SSSR count). The van der Waals surface area contributed by atoms with Crippen LogP contribution in [0.1, 0.15) is 59.3 Å². The zero-order chi connectivity index (χ0) is 14.3. The first-order chi connectivity index (χ1) is 8.71. The Morgan fingerprint density at radius 1 is 1.11 bits per heavy atom. The molecule has 0 heterocycles. The molecule has 0 unspecified atom stereocenters. The number of nitrogens with one attached hydrogen (secondary N) is 1. The van der Waals surface area contributed by atoms with E-state index in [-0.39, 0.29) is 0 Å². The molecule has 2 aliphatic carbocycles. The molecule has 0 aliphatic heterocycles. The molecule has 2 aliphatic rings. The summed E-state index contributed by atoms with van der Waals surface area (Å²) in [6, 6.07) is 0. The lowest BCUT2D eigenvalue weighted by Crippen LogP contribution is -2.56. The van der Waals surface area contributed by atoms with E-state index in [1.807, 2.05) is 0 Å². The van der Waals surface area contributed by atoms with Gasteiger partial charge >= 0.3 is 12.1 Å². The van der Waals surface area contributed by atoms with Gasteiger partial charge in [0.1, 0.15) is 5.60 Å². The van der Waals surface area contributed by atoms with Crippen molar-refractivity contribution in [2.45, 2.75) is 70.4 Å². The Balaban J connectivity index is 2.13. The molecule has 19 heavy (non-hydrogen) atoms. The summed E-state index contributed by atoms with van der Waals surface area (Å²) in [6.45, 7) is 5.41. The Bertz CT molecular complexity index is 387. The molecule has 0 aromatic heterocycles. The quantitative estimate of drug-likeness (QED) is 0.826. The molecule has 0 radical (unpaired) electrons. The maximum Gasteiger partial charge on any atom is 0.408 e. The first kappa shape index (κ1) is 14.2. The minimum atomic E-state index is -0.787. The number of hydrogen-bond donors (Lipinski definition) is 2. The molecular weight excluding hydrogens is 246 g/mol. The van der Waals surface area contributed by atoms with Gasteiger partial charge in [-0.05, 0) is 46.5 Å². The highest BCUT2D eigenvalue weighted by atomic mass is 16.6. The van der Waals surface area contributed by atoms with Crippen LogP contribution in [0.5, 0.6) is 0 Å². The molecule has 1 amide bonds. The van der Waals surface area contributed by atoms with Crippen molar-refractivity contribution in [1.29, 1.82) is 0 Å². The van der Waals surface area contributed by atoms with Gasteiger partial charge in [-0.15, -0.1) is 0 Å². The highest BCUT2D eigenvalue weighted by Gasteiger charge is 2.66. The fourth-order valence-corrected chi connectivity index (χ4v) is 3.22. The first-order valence-electron chi connectivity index (χ1n) is 6.95.